The number of anilines is 1. The molecule has 0 spiro atoms. The van der Waals surface area contributed by atoms with E-state index < -0.39 is 5.54 Å². The Bertz CT molecular complexity index is 884. The molecule has 0 radical (unpaired) electrons. The smallest absolute Gasteiger partial charge is 0.227 e. The summed E-state index contributed by atoms with van der Waals surface area (Å²) in [4.78, 5) is 34.6. The second-order valence-corrected chi connectivity index (χ2v) is 9.31. The van der Waals surface area contributed by atoms with Gasteiger partial charge in [0, 0.05) is 24.6 Å². The van der Waals surface area contributed by atoms with E-state index in [1.165, 1.54) is 11.8 Å². The normalized spacial score (nSPS) is 16.0. The number of hydrogen-bond acceptors (Lipinski definition) is 7. The average molecular weight is 448 g/mol. The van der Waals surface area contributed by atoms with Crippen molar-refractivity contribution in [3.8, 4) is 0 Å². The van der Waals surface area contributed by atoms with Crippen molar-refractivity contribution in [1.82, 2.24) is 20.4 Å². The summed E-state index contributed by atoms with van der Waals surface area (Å²) in [6, 6.07) is 0. The first-order valence-electron chi connectivity index (χ1n) is 11.4. The Kier molecular flexibility index (Phi) is 8.17. The number of hydrogen-bond donors (Lipinski definition) is 2. The quantitative estimate of drug-likeness (QED) is 0.555. The SMILES string of the molecule is CCCc1nc(NC(=O)CCc2nc(C3(NC(C)=O)CCCCCC3)no2)sc1CC. The Morgan fingerprint density at radius 2 is 1.84 bits per heavy atom. The largest absolute Gasteiger partial charge is 0.343 e. The molecule has 0 saturated heterocycles. The number of aromatic nitrogens is 3. The van der Waals surface area contributed by atoms with Crippen LogP contribution in [0.1, 0.15) is 94.4 Å². The number of thiazole rings is 1. The first-order valence-corrected chi connectivity index (χ1v) is 12.2. The van der Waals surface area contributed by atoms with Gasteiger partial charge in [-0.25, -0.2) is 4.98 Å². The molecule has 0 atom stereocenters. The van der Waals surface area contributed by atoms with Gasteiger partial charge in [-0.3, -0.25) is 9.59 Å². The molecule has 170 valence electrons. The van der Waals surface area contributed by atoms with E-state index in [1.54, 1.807) is 11.3 Å². The van der Waals surface area contributed by atoms with E-state index in [0.717, 1.165) is 63.5 Å². The summed E-state index contributed by atoms with van der Waals surface area (Å²) in [5.41, 5.74) is 0.512. The third-order valence-electron chi connectivity index (χ3n) is 5.67. The van der Waals surface area contributed by atoms with Gasteiger partial charge in [0.2, 0.25) is 17.7 Å². The van der Waals surface area contributed by atoms with Crippen LogP contribution in [-0.2, 0) is 34.4 Å². The number of carbonyl (C=O) groups excluding carboxylic acids is 2. The fourth-order valence-electron chi connectivity index (χ4n) is 4.17. The summed E-state index contributed by atoms with van der Waals surface area (Å²) >= 11 is 1.54. The molecule has 1 aliphatic carbocycles. The van der Waals surface area contributed by atoms with E-state index >= 15 is 0 Å². The third kappa shape index (κ3) is 6.12. The van der Waals surface area contributed by atoms with Crippen molar-refractivity contribution in [1.29, 1.82) is 0 Å². The first-order chi connectivity index (χ1) is 15.0. The van der Waals surface area contributed by atoms with Crippen LogP contribution in [0, 0.1) is 0 Å². The maximum Gasteiger partial charge on any atom is 0.227 e. The lowest BCUT2D eigenvalue weighted by molar-refractivity contribution is -0.121. The van der Waals surface area contributed by atoms with Crippen LogP contribution in [-0.4, -0.2) is 26.9 Å². The summed E-state index contributed by atoms with van der Waals surface area (Å²) in [7, 11) is 0. The van der Waals surface area contributed by atoms with Crippen LogP contribution in [0.2, 0.25) is 0 Å². The Morgan fingerprint density at radius 1 is 1.10 bits per heavy atom. The minimum Gasteiger partial charge on any atom is -0.343 e. The van der Waals surface area contributed by atoms with Crippen molar-refractivity contribution in [2.24, 2.45) is 0 Å². The molecular formula is C22H33N5O3S. The molecule has 8 nitrogen and oxygen atoms in total. The highest BCUT2D eigenvalue weighted by molar-refractivity contribution is 7.15. The molecule has 2 heterocycles. The molecule has 2 amide bonds. The number of nitrogens with one attached hydrogen (secondary N) is 2. The van der Waals surface area contributed by atoms with E-state index in [4.69, 9.17) is 4.52 Å². The summed E-state index contributed by atoms with van der Waals surface area (Å²) in [6.45, 7) is 5.75. The molecule has 0 aliphatic heterocycles. The summed E-state index contributed by atoms with van der Waals surface area (Å²) in [6.07, 6.45) is 9.38. The van der Waals surface area contributed by atoms with Crippen molar-refractivity contribution in [3.05, 3.63) is 22.3 Å². The molecule has 9 heteroatoms. The monoisotopic (exact) mass is 447 g/mol. The van der Waals surface area contributed by atoms with Gasteiger partial charge in [0.25, 0.3) is 0 Å². The van der Waals surface area contributed by atoms with Crippen LogP contribution in [0.15, 0.2) is 4.52 Å². The van der Waals surface area contributed by atoms with Gasteiger partial charge in [-0.05, 0) is 25.7 Å². The highest BCUT2D eigenvalue weighted by atomic mass is 32.1. The molecule has 0 unspecified atom stereocenters. The molecule has 1 saturated carbocycles. The molecule has 2 aromatic rings. The fourth-order valence-corrected chi connectivity index (χ4v) is 5.14. The van der Waals surface area contributed by atoms with Crippen molar-refractivity contribution < 1.29 is 14.1 Å². The lowest BCUT2D eigenvalue weighted by atomic mass is 9.89. The van der Waals surface area contributed by atoms with Crippen LogP contribution in [0.3, 0.4) is 0 Å². The van der Waals surface area contributed by atoms with Gasteiger partial charge in [0.05, 0.1) is 5.69 Å². The topological polar surface area (TPSA) is 110 Å². The molecule has 31 heavy (non-hydrogen) atoms. The molecule has 1 aliphatic rings. The van der Waals surface area contributed by atoms with Crippen LogP contribution in [0.4, 0.5) is 5.13 Å². The van der Waals surface area contributed by atoms with Gasteiger partial charge in [0.1, 0.15) is 5.54 Å². The summed E-state index contributed by atoms with van der Waals surface area (Å²) in [5, 5.41) is 10.8. The number of aryl methyl sites for hydroxylation is 3. The fraction of sp³-hybridized carbons (Fsp3) is 0.682. The minimum absolute atomic E-state index is 0.0926. The van der Waals surface area contributed by atoms with Crippen LogP contribution < -0.4 is 10.6 Å². The second-order valence-electron chi connectivity index (χ2n) is 8.23. The van der Waals surface area contributed by atoms with Crippen molar-refractivity contribution in [2.45, 2.75) is 96.9 Å². The molecule has 2 N–H and O–H groups in total. The Balaban J connectivity index is 1.61. The van der Waals surface area contributed by atoms with Crippen LogP contribution in [0.25, 0.3) is 0 Å². The van der Waals surface area contributed by atoms with Gasteiger partial charge in [-0.15, -0.1) is 11.3 Å². The molecule has 0 bridgehead atoms. The molecule has 2 aromatic heterocycles. The zero-order valence-electron chi connectivity index (χ0n) is 18.8. The third-order valence-corrected chi connectivity index (χ3v) is 6.82. The Hall–Kier alpha value is -2.29. The molecule has 3 rings (SSSR count). The van der Waals surface area contributed by atoms with Crippen LogP contribution in [0.5, 0.6) is 0 Å². The second kappa shape index (κ2) is 10.8. The predicted octanol–water partition coefficient (Wildman–Crippen LogP) is 4.30. The highest BCUT2D eigenvalue weighted by Crippen LogP contribution is 2.34. The highest BCUT2D eigenvalue weighted by Gasteiger charge is 2.38. The number of carbonyl (C=O) groups is 2. The van der Waals surface area contributed by atoms with Gasteiger partial charge in [0.15, 0.2) is 11.0 Å². The van der Waals surface area contributed by atoms with E-state index in [2.05, 4.69) is 39.6 Å². The zero-order valence-corrected chi connectivity index (χ0v) is 19.6. The molecule has 0 aromatic carbocycles. The maximum absolute atomic E-state index is 12.4. The maximum atomic E-state index is 12.4. The summed E-state index contributed by atoms with van der Waals surface area (Å²) < 4.78 is 5.43. The predicted molar refractivity (Wildman–Crippen MR) is 120 cm³/mol. The van der Waals surface area contributed by atoms with Gasteiger partial charge < -0.3 is 15.2 Å². The van der Waals surface area contributed by atoms with Crippen molar-refractivity contribution >= 4 is 28.3 Å². The van der Waals surface area contributed by atoms with E-state index in [0.29, 0.717) is 23.3 Å². The average Bonchev–Trinajstić information content (AvgIpc) is 3.29. The van der Waals surface area contributed by atoms with Crippen molar-refractivity contribution in [3.63, 3.8) is 0 Å². The lowest BCUT2D eigenvalue weighted by Crippen LogP contribution is -2.45. The Labute approximate surface area is 187 Å². The van der Waals surface area contributed by atoms with Gasteiger partial charge in [-0.1, -0.05) is 51.1 Å². The van der Waals surface area contributed by atoms with E-state index in [9.17, 15) is 9.59 Å². The molecule has 1 fully saturated rings. The van der Waals surface area contributed by atoms with E-state index in [1.807, 2.05) is 0 Å². The number of amides is 2. The first kappa shape index (κ1) is 23.4. The van der Waals surface area contributed by atoms with E-state index in [-0.39, 0.29) is 18.2 Å². The van der Waals surface area contributed by atoms with Crippen molar-refractivity contribution in [2.75, 3.05) is 5.32 Å². The summed E-state index contributed by atoms with van der Waals surface area (Å²) in [5.74, 6) is 0.728. The number of nitrogens with zero attached hydrogens (tertiary/aromatic N) is 3. The lowest BCUT2D eigenvalue weighted by Gasteiger charge is -2.30. The molecular weight excluding hydrogens is 414 g/mol. The standard InChI is InChI=1S/C22H33N5O3S/c1-4-10-16-17(5-2)31-21(23-16)24-18(29)11-12-19-25-20(27-30-19)22(26-15(3)28)13-8-6-7-9-14-22/h4-14H2,1-3H3,(H,26,28)(H,23,24,29). The zero-order chi connectivity index (χ0) is 22.3. The van der Waals surface area contributed by atoms with Gasteiger partial charge in [-0.2, -0.15) is 4.98 Å². The number of rotatable bonds is 9. The Morgan fingerprint density at radius 3 is 2.48 bits per heavy atom. The van der Waals surface area contributed by atoms with Crippen LogP contribution >= 0.6 is 11.3 Å². The van der Waals surface area contributed by atoms with Gasteiger partial charge >= 0.3 is 0 Å². The minimum atomic E-state index is -0.570.